The van der Waals surface area contributed by atoms with Crippen LogP contribution < -0.4 is 10.1 Å². The van der Waals surface area contributed by atoms with E-state index in [1.807, 2.05) is 16.8 Å². The number of methoxy groups -OCH3 is 1. The van der Waals surface area contributed by atoms with Gasteiger partial charge in [-0.15, -0.1) is 0 Å². The Morgan fingerprint density at radius 3 is 3.00 bits per heavy atom. The van der Waals surface area contributed by atoms with E-state index in [1.165, 1.54) is 5.56 Å². The molecule has 1 aromatic carbocycles. The monoisotopic (exact) mass is 310 g/mol. The smallest absolute Gasteiger partial charge is 0.258 e. The molecule has 0 saturated heterocycles. The van der Waals surface area contributed by atoms with Crippen molar-refractivity contribution in [2.75, 3.05) is 13.7 Å². The number of fused-ring (bicyclic) bond motifs is 1. The molecular formula is C18H22N4O. The minimum absolute atomic E-state index is 0.314. The number of benzene rings is 1. The van der Waals surface area contributed by atoms with Crippen molar-refractivity contribution in [3.8, 4) is 17.1 Å². The molecule has 3 rings (SSSR count). The van der Waals surface area contributed by atoms with E-state index in [2.05, 4.69) is 53.4 Å². The van der Waals surface area contributed by atoms with E-state index >= 15 is 0 Å². The molecule has 0 fully saturated rings. The second-order valence-electron chi connectivity index (χ2n) is 5.59. The van der Waals surface area contributed by atoms with Gasteiger partial charge in [0.25, 0.3) is 5.88 Å². The maximum atomic E-state index is 5.37. The molecule has 0 aliphatic rings. The summed E-state index contributed by atoms with van der Waals surface area (Å²) in [5.74, 6) is 0.537. The van der Waals surface area contributed by atoms with Gasteiger partial charge in [-0.2, -0.15) is 0 Å². The summed E-state index contributed by atoms with van der Waals surface area (Å²) in [4.78, 5) is 8.87. The van der Waals surface area contributed by atoms with Crippen molar-refractivity contribution in [3.05, 3.63) is 48.4 Å². The van der Waals surface area contributed by atoms with Gasteiger partial charge in [0.2, 0.25) is 0 Å². The van der Waals surface area contributed by atoms with E-state index in [-0.39, 0.29) is 0 Å². The summed E-state index contributed by atoms with van der Waals surface area (Å²) in [5.41, 5.74) is 3.92. The molecule has 0 unspecified atom stereocenters. The van der Waals surface area contributed by atoms with Crippen LogP contribution in [0.4, 0.5) is 0 Å². The lowest BCUT2D eigenvalue weighted by Crippen LogP contribution is -2.19. The topological polar surface area (TPSA) is 51.5 Å². The van der Waals surface area contributed by atoms with Crippen LogP contribution in [0.3, 0.4) is 0 Å². The zero-order chi connectivity index (χ0) is 16.2. The van der Waals surface area contributed by atoms with Crippen molar-refractivity contribution < 1.29 is 4.74 Å². The van der Waals surface area contributed by atoms with E-state index < -0.39 is 0 Å². The number of nitrogens with zero attached hydrogens (tertiary/aromatic N) is 3. The highest BCUT2D eigenvalue weighted by molar-refractivity contribution is 5.63. The fourth-order valence-electron chi connectivity index (χ4n) is 2.62. The Morgan fingerprint density at radius 1 is 1.35 bits per heavy atom. The lowest BCUT2D eigenvalue weighted by atomic mass is 10.0. The van der Waals surface area contributed by atoms with Gasteiger partial charge in [0, 0.05) is 30.2 Å². The van der Waals surface area contributed by atoms with Crippen LogP contribution in [0, 0.1) is 0 Å². The predicted molar refractivity (Wildman–Crippen MR) is 91.7 cm³/mol. The van der Waals surface area contributed by atoms with Gasteiger partial charge >= 0.3 is 0 Å². The fourth-order valence-corrected chi connectivity index (χ4v) is 2.62. The Labute approximate surface area is 136 Å². The van der Waals surface area contributed by atoms with E-state index in [9.17, 15) is 0 Å². The quantitative estimate of drug-likeness (QED) is 0.757. The summed E-state index contributed by atoms with van der Waals surface area (Å²) < 4.78 is 7.31. The third-order valence-electron chi connectivity index (χ3n) is 3.92. The SMILES string of the molecule is CCCN[C@H](C)c1cccc(-c2cn3ccnc3c(OC)n2)c1. The van der Waals surface area contributed by atoms with Crippen LogP contribution in [-0.2, 0) is 0 Å². The molecule has 0 bridgehead atoms. The molecule has 5 heteroatoms. The molecule has 2 aromatic heterocycles. The van der Waals surface area contributed by atoms with Crippen LogP contribution in [-0.4, -0.2) is 28.0 Å². The Balaban J connectivity index is 1.98. The van der Waals surface area contributed by atoms with Crippen molar-refractivity contribution in [2.45, 2.75) is 26.3 Å². The van der Waals surface area contributed by atoms with Crippen LogP contribution in [0.15, 0.2) is 42.9 Å². The van der Waals surface area contributed by atoms with Gasteiger partial charge in [-0.25, -0.2) is 9.97 Å². The van der Waals surface area contributed by atoms with Gasteiger partial charge in [0.15, 0.2) is 5.65 Å². The lowest BCUT2D eigenvalue weighted by molar-refractivity contribution is 0.400. The number of imidazole rings is 1. The number of hydrogen-bond donors (Lipinski definition) is 1. The Hall–Kier alpha value is -2.40. The standard InChI is InChI=1S/C18H22N4O/c1-4-8-19-13(2)14-6-5-7-15(11-14)16-12-22-10-9-20-17(22)18(21-16)23-3/h5-7,9-13,19H,4,8H2,1-3H3/t13-/m1/s1. The minimum Gasteiger partial charge on any atom is -0.478 e. The van der Waals surface area contributed by atoms with Gasteiger partial charge in [-0.1, -0.05) is 25.1 Å². The molecule has 3 aromatic rings. The first-order valence-corrected chi connectivity index (χ1v) is 7.94. The van der Waals surface area contributed by atoms with Crippen molar-refractivity contribution >= 4 is 5.65 Å². The molecule has 0 radical (unpaired) electrons. The van der Waals surface area contributed by atoms with Gasteiger partial charge in [0.1, 0.15) is 0 Å². The second kappa shape index (κ2) is 6.79. The molecule has 1 N–H and O–H groups in total. The number of aromatic nitrogens is 3. The summed E-state index contributed by atoms with van der Waals surface area (Å²) in [6.07, 6.45) is 6.75. The Morgan fingerprint density at radius 2 is 2.22 bits per heavy atom. The van der Waals surface area contributed by atoms with Crippen molar-refractivity contribution in [1.29, 1.82) is 0 Å². The van der Waals surface area contributed by atoms with E-state index in [4.69, 9.17) is 4.74 Å². The van der Waals surface area contributed by atoms with Gasteiger partial charge in [-0.3, -0.25) is 0 Å². The molecule has 23 heavy (non-hydrogen) atoms. The minimum atomic E-state index is 0.314. The molecule has 1 atom stereocenters. The zero-order valence-electron chi connectivity index (χ0n) is 13.8. The second-order valence-corrected chi connectivity index (χ2v) is 5.59. The highest BCUT2D eigenvalue weighted by Gasteiger charge is 2.11. The molecule has 2 heterocycles. The maximum absolute atomic E-state index is 5.37. The average molecular weight is 310 g/mol. The molecule has 0 aliphatic heterocycles. The van der Waals surface area contributed by atoms with Crippen LogP contribution in [0.1, 0.15) is 31.9 Å². The van der Waals surface area contributed by atoms with E-state index in [1.54, 1.807) is 13.3 Å². The molecule has 0 aliphatic carbocycles. The summed E-state index contributed by atoms with van der Waals surface area (Å²) in [5, 5.41) is 3.51. The predicted octanol–water partition coefficient (Wildman–Crippen LogP) is 3.47. The highest BCUT2D eigenvalue weighted by Crippen LogP contribution is 2.25. The van der Waals surface area contributed by atoms with Gasteiger partial charge in [-0.05, 0) is 31.5 Å². The number of hydrogen-bond acceptors (Lipinski definition) is 4. The first-order valence-electron chi connectivity index (χ1n) is 7.94. The van der Waals surface area contributed by atoms with Crippen molar-refractivity contribution in [3.63, 3.8) is 0 Å². The van der Waals surface area contributed by atoms with Gasteiger partial charge in [0.05, 0.1) is 12.8 Å². The lowest BCUT2D eigenvalue weighted by Gasteiger charge is -2.15. The fraction of sp³-hybridized carbons (Fsp3) is 0.333. The molecule has 0 saturated carbocycles. The largest absolute Gasteiger partial charge is 0.478 e. The van der Waals surface area contributed by atoms with Crippen molar-refractivity contribution in [1.82, 2.24) is 19.7 Å². The summed E-state index contributed by atoms with van der Waals surface area (Å²) in [6.45, 7) is 5.37. The van der Waals surface area contributed by atoms with Crippen LogP contribution in [0.5, 0.6) is 5.88 Å². The summed E-state index contributed by atoms with van der Waals surface area (Å²) in [7, 11) is 1.62. The number of nitrogens with one attached hydrogen (secondary N) is 1. The highest BCUT2D eigenvalue weighted by atomic mass is 16.5. The first-order chi connectivity index (χ1) is 11.2. The number of ether oxygens (including phenoxy) is 1. The van der Waals surface area contributed by atoms with Crippen LogP contribution in [0.25, 0.3) is 16.9 Å². The molecule has 5 nitrogen and oxygen atoms in total. The number of rotatable bonds is 6. The van der Waals surface area contributed by atoms with E-state index in [0.29, 0.717) is 11.9 Å². The maximum Gasteiger partial charge on any atom is 0.258 e. The van der Waals surface area contributed by atoms with E-state index in [0.717, 1.165) is 29.9 Å². The Bertz CT molecular complexity index is 797. The zero-order valence-corrected chi connectivity index (χ0v) is 13.8. The third kappa shape index (κ3) is 3.19. The normalized spacial score (nSPS) is 12.5. The third-order valence-corrected chi connectivity index (χ3v) is 3.92. The first kappa shape index (κ1) is 15.5. The van der Waals surface area contributed by atoms with Gasteiger partial charge < -0.3 is 14.5 Å². The van der Waals surface area contributed by atoms with Crippen LogP contribution >= 0.6 is 0 Å². The molecule has 0 amide bonds. The summed E-state index contributed by atoms with van der Waals surface area (Å²) in [6, 6.07) is 8.78. The molecular weight excluding hydrogens is 288 g/mol. The molecule has 120 valence electrons. The average Bonchev–Trinajstić information content (AvgIpc) is 3.07. The van der Waals surface area contributed by atoms with Crippen molar-refractivity contribution in [2.24, 2.45) is 0 Å². The molecule has 0 spiro atoms. The summed E-state index contributed by atoms with van der Waals surface area (Å²) >= 11 is 0. The Kier molecular flexibility index (Phi) is 4.57. The van der Waals surface area contributed by atoms with Crippen LogP contribution in [0.2, 0.25) is 0 Å².